The largest absolute Gasteiger partial charge is 0.543 e. The lowest BCUT2D eigenvalue weighted by Gasteiger charge is -2.36. The number of nitrogens with zero attached hydrogens (tertiary/aromatic N) is 2. The van der Waals surface area contributed by atoms with E-state index in [1.54, 1.807) is 12.2 Å². The first-order valence-electron chi connectivity index (χ1n) is 13.4. The second kappa shape index (κ2) is 13.0. The van der Waals surface area contributed by atoms with Crippen LogP contribution in [0.5, 0.6) is 5.75 Å². The van der Waals surface area contributed by atoms with Crippen LogP contribution in [-0.4, -0.2) is 57.8 Å². The van der Waals surface area contributed by atoms with Crippen LogP contribution >= 0.6 is 0 Å². The minimum atomic E-state index is -2.03. The molecule has 0 aliphatic heterocycles. The Morgan fingerprint density at radius 3 is 2.36 bits per heavy atom. The molecule has 0 spiro atoms. The molecule has 0 unspecified atom stereocenters. The Morgan fingerprint density at radius 2 is 1.79 bits per heavy atom. The lowest BCUT2D eigenvalue weighted by Crippen LogP contribution is -2.43. The zero-order valence-corrected chi connectivity index (χ0v) is 27.3. The van der Waals surface area contributed by atoms with Gasteiger partial charge in [0.05, 0.1) is 17.3 Å². The molecule has 1 heterocycles. The molecule has 1 aromatic heterocycles. The molecule has 0 bridgehead atoms. The fourth-order valence-electron chi connectivity index (χ4n) is 3.37. The summed E-state index contributed by atoms with van der Waals surface area (Å²) in [5.41, 5.74) is 7.83. The predicted octanol–water partition coefficient (Wildman–Crippen LogP) is 7.00. The number of aromatic nitrogens is 1. The Labute approximate surface area is 235 Å². The summed E-state index contributed by atoms with van der Waals surface area (Å²) < 4.78 is 19.2. The molecule has 0 fully saturated rings. The number of allylic oxidation sites excluding steroid dienone is 1. The number of hydrogen-bond donors (Lipinski definition) is 1. The minimum Gasteiger partial charge on any atom is -0.543 e. The van der Waals surface area contributed by atoms with Crippen molar-refractivity contribution in [3.05, 3.63) is 47.9 Å². The molecular weight excluding hydrogens is 527 g/mol. The zero-order chi connectivity index (χ0) is 29.6. The van der Waals surface area contributed by atoms with Gasteiger partial charge in [-0.25, -0.2) is 9.36 Å². The molecule has 0 aliphatic carbocycles. The molecule has 2 aromatic rings. The van der Waals surface area contributed by atoms with Crippen molar-refractivity contribution < 1.29 is 23.5 Å². The van der Waals surface area contributed by atoms with E-state index in [0.717, 1.165) is 17.2 Å². The first-order valence-corrected chi connectivity index (χ1v) is 20.0. The molecule has 2 N–H and O–H groups in total. The summed E-state index contributed by atoms with van der Waals surface area (Å²) in [7, 11) is -3.25. The first kappa shape index (κ1) is 32.4. The fraction of sp³-hybridized carbons (Fsp3) is 0.517. The zero-order valence-electron chi connectivity index (χ0n) is 25.3. The van der Waals surface area contributed by atoms with Crippen molar-refractivity contribution >= 4 is 45.9 Å². The normalized spacial score (nSPS) is 13.4. The lowest BCUT2D eigenvalue weighted by molar-refractivity contribution is -0.119. The Hall–Kier alpha value is -2.83. The van der Waals surface area contributed by atoms with E-state index in [-0.39, 0.29) is 17.9 Å². The summed E-state index contributed by atoms with van der Waals surface area (Å²) in [5.74, 6) is 0.772. The van der Waals surface area contributed by atoms with Gasteiger partial charge in [0.2, 0.25) is 14.7 Å². The highest BCUT2D eigenvalue weighted by Gasteiger charge is 2.39. The Kier molecular flexibility index (Phi) is 10.8. The number of carbonyl (C=O) groups is 2. The van der Waals surface area contributed by atoms with E-state index in [1.165, 1.54) is 15.7 Å². The van der Waals surface area contributed by atoms with Crippen molar-refractivity contribution in [2.75, 3.05) is 13.3 Å². The topological polar surface area (TPSA) is 96.0 Å². The third-order valence-electron chi connectivity index (χ3n) is 6.63. The molecule has 10 heteroatoms. The van der Waals surface area contributed by atoms with Gasteiger partial charge < -0.3 is 19.6 Å². The molecule has 0 atom stereocenters. The van der Waals surface area contributed by atoms with Gasteiger partial charge in [0.15, 0.2) is 0 Å². The van der Waals surface area contributed by atoms with Crippen molar-refractivity contribution in [2.45, 2.75) is 84.5 Å². The number of hydrogen-bond acceptors (Lipinski definition) is 6. The molecule has 2 rings (SSSR count). The summed E-state index contributed by atoms with van der Waals surface area (Å²) in [6.45, 7) is 22.2. The van der Waals surface area contributed by atoms with Crippen LogP contribution in [0.2, 0.25) is 43.8 Å². The third-order valence-corrected chi connectivity index (χ3v) is 12.7. The van der Waals surface area contributed by atoms with Crippen LogP contribution in [0.4, 0.5) is 4.79 Å². The predicted molar refractivity (Wildman–Crippen MR) is 165 cm³/mol. The summed E-state index contributed by atoms with van der Waals surface area (Å²) in [6, 6.07) is 8.64. The highest BCUT2D eigenvalue weighted by molar-refractivity contribution is 6.76. The Balaban J connectivity index is 2.35. The van der Waals surface area contributed by atoms with Crippen molar-refractivity contribution in [3.63, 3.8) is 0 Å². The smallest absolute Gasteiger partial charge is 0.419 e. The molecule has 1 amide bonds. The number of nitrogens with two attached hydrogens (primary N) is 1. The van der Waals surface area contributed by atoms with E-state index < -0.39 is 22.5 Å². The summed E-state index contributed by atoms with van der Waals surface area (Å²) in [5, 5.41) is 0.904. The van der Waals surface area contributed by atoms with Gasteiger partial charge in [-0.15, -0.1) is 0 Å². The molecule has 0 radical (unpaired) electrons. The molecule has 39 heavy (non-hydrogen) atoms. The maximum Gasteiger partial charge on any atom is 0.419 e. The van der Waals surface area contributed by atoms with E-state index in [9.17, 15) is 9.59 Å². The summed E-state index contributed by atoms with van der Waals surface area (Å²) in [6.07, 6.45) is 4.82. The van der Waals surface area contributed by atoms with Crippen molar-refractivity contribution in [2.24, 2.45) is 5.73 Å². The molecule has 8 nitrogen and oxygen atoms in total. The number of ether oxygens (including phenoxy) is 2. The van der Waals surface area contributed by atoms with Crippen molar-refractivity contribution in [1.82, 2.24) is 9.47 Å². The quantitative estimate of drug-likeness (QED) is 0.0965. The monoisotopic (exact) mass is 573 g/mol. The molecule has 0 saturated heterocycles. The van der Waals surface area contributed by atoms with Crippen LogP contribution in [0.25, 0.3) is 17.0 Å². The average Bonchev–Trinajstić information content (AvgIpc) is 3.15. The van der Waals surface area contributed by atoms with Gasteiger partial charge in [-0.3, -0.25) is 9.69 Å². The van der Waals surface area contributed by atoms with Gasteiger partial charge in [-0.05, 0) is 74.4 Å². The fourth-order valence-corrected chi connectivity index (χ4v) is 5.15. The maximum absolute atomic E-state index is 13.1. The van der Waals surface area contributed by atoms with Crippen LogP contribution in [0.3, 0.4) is 0 Å². The Bertz CT molecular complexity index is 1200. The van der Waals surface area contributed by atoms with Gasteiger partial charge in [0.25, 0.3) is 0 Å². The highest BCUT2D eigenvalue weighted by Crippen LogP contribution is 2.38. The first-order chi connectivity index (χ1) is 17.9. The van der Waals surface area contributed by atoms with Crippen LogP contribution in [0, 0.1) is 0 Å². The van der Waals surface area contributed by atoms with Crippen LogP contribution in [0.15, 0.2) is 42.2 Å². The number of carbonyl (C=O) groups excluding carboxylic acids is 2. The second-order valence-corrected chi connectivity index (χ2v) is 23.2. The molecule has 0 aliphatic rings. The van der Waals surface area contributed by atoms with Crippen LogP contribution in [-0.2, 0) is 14.3 Å². The number of rotatable bonds is 12. The lowest BCUT2D eigenvalue weighted by atomic mass is 10.2. The van der Waals surface area contributed by atoms with Gasteiger partial charge in [-0.1, -0.05) is 40.4 Å². The molecular formula is C29H47N3O5Si2. The maximum atomic E-state index is 13.1. The van der Waals surface area contributed by atoms with E-state index in [4.69, 9.17) is 19.6 Å². The van der Waals surface area contributed by atoms with E-state index in [1.807, 2.05) is 38.1 Å². The summed E-state index contributed by atoms with van der Waals surface area (Å²) in [4.78, 5) is 25.9. The van der Waals surface area contributed by atoms with E-state index in [2.05, 4.69) is 53.5 Å². The van der Waals surface area contributed by atoms with Crippen LogP contribution in [0.1, 0.15) is 40.3 Å². The molecule has 216 valence electrons. The molecule has 0 saturated carbocycles. The van der Waals surface area contributed by atoms with E-state index in [0.29, 0.717) is 29.9 Å². The highest BCUT2D eigenvalue weighted by atomic mass is 28.4. The summed E-state index contributed by atoms with van der Waals surface area (Å²) >= 11 is 0. The van der Waals surface area contributed by atoms with E-state index >= 15 is 0 Å². The third kappa shape index (κ3) is 9.70. The SMILES string of the molecule is CC(C)OC(=O)n1c(/C=C/C(N)=C\N(C=O)COCC[Si](C)(C)C)cc2cc(O[Si](C)(C)C(C)(C)C)ccc21. The number of fused-ring (bicyclic) bond motifs is 1. The average molecular weight is 574 g/mol. The minimum absolute atomic E-state index is 0.0570. The van der Waals surface area contributed by atoms with Crippen molar-refractivity contribution in [3.8, 4) is 5.75 Å². The number of benzene rings is 1. The van der Waals surface area contributed by atoms with Crippen molar-refractivity contribution in [1.29, 1.82) is 0 Å². The van der Waals surface area contributed by atoms with Gasteiger partial charge in [0, 0.05) is 32.0 Å². The molecule has 1 aromatic carbocycles. The Morgan fingerprint density at radius 1 is 1.13 bits per heavy atom. The van der Waals surface area contributed by atoms with Gasteiger partial charge in [0.1, 0.15) is 12.5 Å². The standard InChI is InChI=1S/C29H47N3O5Si2/c1-22(2)36-28(34)32-25(12-11-24(30)19-31(20-33)21-35-15-16-38(6,7)8)17-23-18-26(13-14-27(23)32)37-39(9,10)29(3,4)5/h11-14,17-20,22H,15-16,21,30H2,1-10H3/b12-11+,24-19+. The van der Waals surface area contributed by atoms with Gasteiger partial charge in [-0.2, -0.15) is 0 Å². The van der Waals surface area contributed by atoms with Crippen LogP contribution < -0.4 is 10.2 Å². The number of amides is 1. The second-order valence-electron chi connectivity index (χ2n) is 12.9. The van der Waals surface area contributed by atoms with Gasteiger partial charge >= 0.3 is 6.09 Å².